The van der Waals surface area contributed by atoms with E-state index in [2.05, 4.69) is 71.8 Å². The van der Waals surface area contributed by atoms with Crippen LogP contribution >= 0.6 is 12.8 Å². The number of hydrogen-bond donors (Lipinski definition) is 2. The molecular weight excluding hydrogens is 524 g/mol. The van der Waals surface area contributed by atoms with Crippen LogP contribution in [0.2, 0.25) is 0 Å². The number of hydrogen-bond acceptors (Lipinski definition) is 5. The Bertz CT molecular complexity index is 544. The summed E-state index contributed by atoms with van der Waals surface area (Å²) in [5.41, 5.74) is 1.63. The van der Waals surface area contributed by atoms with Gasteiger partial charge in [-0.25, -0.2) is 4.40 Å². The van der Waals surface area contributed by atoms with Crippen molar-refractivity contribution in [2.24, 2.45) is 10.3 Å². The van der Waals surface area contributed by atoms with Crippen molar-refractivity contribution in [3.05, 3.63) is 11.6 Å². The Hall–Kier alpha value is -1.10. The summed E-state index contributed by atoms with van der Waals surface area (Å²) in [5.74, 6) is 1.08. The van der Waals surface area contributed by atoms with Crippen LogP contribution in [0.4, 0.5) is 0 Å². The Morgan fingerprint density at radius 2 is 1.20 bits per heavy atom. The largest absolute Gasteiger partial charge is 0.477 e. The predicted octanol–water partition coefficient (Wildman–Crippen LogP) is 13.2. The third-order valence-electron chi connectivity index (χ3n) is 6.49. The molecule has 0 aliphatic heterocycles. The van der Waals surface area contributed by atoms with E-state index < -0.39 is 0 Å². The van der Waals surface area contributed by atoms with Crippen molar-refractivity contribution < 1.29 is 9.53 Å². The van der Waals surface area contributed by atoms with Gasteiger partial charge in [0.15, 0.2) is 0 Å². The van der Waals surface area contributed by atoms with Crippen molar-refractivity contribution >= 4 is 30.7 Å². The third kappa shape index (κ3) is 43.5. The van der Waals surface area contributed by atoms with Crippen molar-refractivity contribution in [3.63, 3.8) is 0 Å². The molecule has 0 aliphatic rings. The normalized spacial score (nSPS) is 10.6. The lowest BCUT2D eigenvalue weighted by molar-refractivity contribution is -0.107. The third-order valence-corrected chi connectivity index (χ3v) is 6.69. The maximum absolute atomic E-state index is 9.98. The van der Waals surface area contributed by atoms with E-state index in [4.69, 9.17) is 10.1 Å². The zero-order chi connectivity index (χ0) is 32.6. The van der Waals surface area contributed by atoms with Gasteiger partial charge in [-0.3, -0.25) is 5.41 Å². The molecule has 0 aliphatic carbocycles. The van der Waals surface area contributed by atoms with Crippen LogP contribution in [0.3, 0.4) is 0 Å². The molecular formula is C36H76N2O2S. The minimum atomic E-state index is 0.149. The number of nitrogens with zero attached hydrogens (tertiary/aromatic N) is 1. The first-order valence-corrected chi connectivity index (χ1v) is 17.9. The molecule has 1 N–H and O–H groups in total. The predicted molar refractivity (Wildman–Crippen MR) is 193 cm³/mol. The Kier molecular flexibility index (Phi) is 58.8. The Morgan fingerprint density at radius 3 is 1.56 bits per heavy atom. The van der Waals surface area contributed by atoms with Gasteiger partial charge in [0, 0.05) is 6.42 Å². The van der Waals surface area contributed by atoms with Gasteiger partial charge in [0.1, 0.15) is 12.0 Å². The summed E-state index contributed by atoms with van der Waals surface area (Å²) < 4.78 is 9.39. The summed E-state index contributed by atoms with van der Waals surface area (Å²) in [6.45, 7) is 24.0. The van der Waals surface area contributed by atoms with Gasteiger partial charge in [-0.2, -0.15) is 0 Å². The van der Waals surface area contributed by atoms with Gasteiger partial charge < -0.3 is 9.53 Å². The molecule has 0 spiro atoms. The average Bonchev–Trinajstić information content (AvgIpc) is 3.02. The first-order chi connectivity index (χ1) is 19.9. The van der Waals surface area contributed by atoms with E-state index >= 15 is 0 Å². The van der Waals surface area contributed by atoms with Crippen molar-refractivity contribution in [1.29, 1.82) is 5.41 Å². The SMILES string of the molecule is CC.CC.CCC(C)CC.CCC/C=C(CC)/C(=N/S)C(=N)OCCCCCC.CCCCCCCCCCC=O. The molecule has 0 saturated carbocycles. The van der Waals surface area contributed by atoms with Crippen LogP contribution in [0.25, 0.3) is 0 Å². The van der Waals surface area contributed by atoms with Crippen LogP contribution in [0.5, 0.6) is 0 Å². The van der Waals surface area contributed by atoms with Gasteiger partial charge in [0.05, 0.1) is 6.61 Å². The fraction of sp³-hybridized carbons (Fsp3) is 0.861. The van der Waals surface area contributed by atoms with Crippen molar-refractivity contribution in [3.8, 4) is 0 Å². The first kappa shape index (κ1) is 49.6. The van der Waals surface area contributed by atoms with Crippen LogP contribution in [-0.4, -0.2) is 24.5 Å². The topological polar surface area (TPSA) is 62.5 Å². The Labute approximate surface area is 265 Å². The van der Waals surface area contributed by atoms with Gasteiger partial charge >= 0.3 is 0 Å². The van der Waals surface area contributed by atoms with Gasteiger partial charge in [0.25, 0.3) is 0 Å². The first-order valence-electron chi connectivity index (χ1n) is 17.5. The molecule has 0 rings (SSSR count). The monoisotopic (exact) mass is 601 g/mol. The second kappa shape index (κ2) is 48.6. The number of allylic oxidation sites excluding steroid dienone is 1. The van der Waals surface area contributed by atoms with E-state index in [1.165, 1.54) is 70.6 Å². The summed E-state index contributed by atoms with van der Waals surface area (Å²) in [6, 6.07) is 0. The van der Waals surface area contributed by atoms with E-state index in [1.807, 2.05) is 27.7 Å². The van der Waals surface area contributed by atoms with E-state index in [0.29, 0.717) is 12.3 Å². The number of rotatable bonds is 21. The van der Waals surface area contributed by atoms with Crippen LogP contribution in [0, 0.1) is 11.3 Å². The summed E-state index contributed by atoms with van der Waals surface area (Å²) in [6.07, 6.45) is 24.6. The lowest BCUT2D eigenvalue weighted by Crippen LogP contribution is -2.19. The van der Waals surface area contributed by atoms with E-state index in [1.54, 1.807) is 0 Å². The summed E-state index contributed by atoms with van der Waals surface area (Å²) in [7, 11) is 0. The molecule has 0 heterocycles. The zero-order valence-corrected chi connectivity index (χ0v) is 30.8. The van der Waals surface area contributed by atoms with Crippen LogP contribution in [0.15, 0.2) is 16.0 Å². The zero-order valence-electron chi connectivity index (χ0n) is 29.9. The number of unbranched alkanes of at least 4 members (excludes halogenated alkanes) is 12. The minimum Gasteiger partial charge on any atom is -0.477 e. The molecule has 0 aromatic heterocycles. The number of thiol groups is 1. The van der Waals surface area contributed by atoms with Crippen LogP contribution in [0.1, 0.15) is 192 Å². The van der Waals surface area contributed by atoms with Crippen LogP contribution < -0.4 is 0 Å². The van der Waals surface area contributed by atoms with Crippen molar-refractivity contribution in [2.75, 3.05) is 6.61 Å². The molecule has 0 aromatic rings. The smallest absolute Gasteiger partial charge is 0.233 e. The fourth-order valence-corrected chi connectivity index (χ4v) is 3.62. The number of carbonyl (C=O) groups is 1. The average molecular weight is 601 g/mol. The molecule has 0 bridgehead atoms. The van der Waals surface area contributed by atoms with Crippen molar-refractivity contribution in [1.82, 2.24) is 0 Å². The molecule has 0 aromatic carbocycles. The van der Waals surface area contributed by atoms with Crippen LogP contribution in [-0.2, 0) is 9.53 Å². The second-order valence-corrected chi connectivity index (χ2v) is 10.1. The molecule has 0 unspecified atom stereocenters. The summed E-state index contributed by atoms with van der Waals surface area (Å²) in [5, 5.41) is 7.95. The summed E-state index contributed by atoms with van der Waals surface area (Å²) in [4.78, 5) is 9.98. The molecule has 4 nitrogen and oxygen atoms in total. The highest BCUT2D eigenvalue weighted by atomic mass is 32.1. The molecule has 0 fully saturated rings. The second-order valence-electron chi connectivity index (χ2n) is 9.91. The standard InChI is InChI=1S/C15H28N2OS.C11H22O.C6H14.2C2H6/c1-4-7-9-10-12-18-15(16)14(17-19)13(6-3)11-8-5-2;1-2-3-4-5-6-7-8-9-10-11-12;1-4-6(3)5-2;2*1-2/h11,16,19H,4-10,12H2,1-3H3;11H,2-10H2,1H3;6H,4-5H2,1-3H3;2*1-2H3/b13-11+,16-15?,17-14-;;;;. The van der Waals surface area contributed by atoms with Crippen molar-refractivity contribution in [2.45, 2.75) is 192 Å². The lowest BCUT2D eigenvalue weighted by Gasteiger charge is -2.11. The maximum Gasteiger partial charge on any atom is 0.233 e. The highest BCUT2D eigenvalue weighted by Gasteiger charge is 2.12. The maximum atomic E-state index is 9.98. The quantitative estimate of drug-likeness (QED) is 0.0452. The highest BCUT2D eigenvalue weighted by Crippen LogP contribution is 2.11. The number of aldehydes is 1. The van der Waals surface area contributed by atoms with Gasteiger partial charge in [-0.05, 0) is 50.0 Å². The summed E-state index contributed by atoms with van der Waals surface area (Å²) >= 11 is 3.98. The Balaban J connectivity index is -0.000000167. The van der Waals surface area contributed by atoms with Gasteiger partial charge in [-0.1, -0.05) is 166 Å². The molecule has 41 heavy (non-hydrogen) atoms. The molecule has 0 amide bonds. The molecule has 0 saturated heterocycles. The molecule has 5 heteroatoms. The molecule has 0 radical (unpaired) electrons. The number of ether oxygens (including phenoxy) is 1. The van der Waals surface area contributed by atoms with E-state index in [0.717, 1.165) is 62.7 Å². The number of nitrogens with one attached hydrogen (secondary N) is 1. The minimum absolute atomic E-state index is 0.149. The lowest BCUT2D eigenvalue weighted by atomic mass is 10.1. The van der Waals surface area contributed by atoms with Gasteiger partial charge in [0.2, 0.25) is 5.90 Å². The van der Waals surface area contributed by atoms with E-state index in [9.17, 15) is 4.79 Å². The highest BCUT2D eigenvalue weighted by molar-refractivity contribution is 7.79. The van der Waals surface area contributed by atoms with E-state index in [-0.39, 0.29) is 5.90 Å². The number of carbonyl (C=O) groups excluding carboxylic acids is 1. The molecule has 248 valence electrons. The molecule has 0 atom stereocenters. The van der Waals surface area contributed by atoms with Gasteiger partial charge in [-0.15, -0.1) is 0 Å². The Morgan fingerprint density at radius 1 is 0.732 bits per heavy atom. The fourth-order valence-electron chi connectivity index (χ4n) is 3.40.